The van der Waals surface area contributed by atoms with Crippen LogP contribution in [0.5, 0.6) is 0 Å². The molecule has 0 unspecified atom stereocenters. The molecule has 0 aromatic rings. The summed E-state index contributed by atoms with van der Waals surface area (Å²) >= 11 is 0. The normalized spacial score (nSPS) is 21.0. The van der Waals surface area contributed by atoms with Gasteiger partial charge in [0, 0.05) is 47.2 Å². The maximum absolute atomic E-state index is 11.7. The van der Waals surface area contributed by atoms with Crippen LogP contribution < -0.4 is 5.32 Å². The van der Waals surface area contributed by atoms with Gasteiger partial charge < -0.3 is 15.1 Å². The molecule has 0 aromatic heterocycles. The van der Waals surface area contributed by atoms with Crippen LogP contribution in [0.25, 0.3) is 0 Å². The van der Waals surface area contributed by atoms with Crippen LogP contribution in [0.3, 0.4) is 0 Å². The highest BCUT2D eigenvalue weighted by Crippen LogP contribution is 2.42. The highest BCUT2D eigenvalue weighted by atomic mass is 127. The Hall–Kier alpha value is -0.530. The molecule has 1 N–H and O–H groups in total. The Morgan fingerprint density at radius 3 is 2.33 bits per heavy atom. The first-order valence-corrected chi connectivity index (χ1v) is 9.22. The molecule has 24 heavy (non-hydrogen) atoms. The first-order chi connectivity index (χ1) is 11.1. The van der Waals surface area contributed by atoms with Crippen LogP contribution >= 0.6 is 24.0 Å². The van der Waals surface area contributed by atoms with Gasteiger partial charge in [0.15, 0.2) is 5.96 Å². The predicted octanol–water partition coefficient (Wildman–Crippen LogP) is 3.09. The summed E-state index contributed by atoms with van der Waals surface area (Å²) in [6.45, 7) is 2.88. The van der Waals surface area contributed by atoms with E-state index in [4.69, 9.17) is 0 Å². The van der Waals surface area contributed by atoms with Gasteiger partial charge in [-0.25, -0.2) is 0 Å². The summed E-state index contributed by atoms with van der Waals surface area (Å²) in [6.07, 6.45) is 11.5. The number of hydrogen-bond donors (Lipinski definition) is 1. The minimum atomic E-state index is 0. The van der Waals surface area contributed by atoms with Crippen molar-refractivity contribution in [1.82, 2.24) is 15.1 Å². The second-order valence-corrected chi connectivity index (χ2v) is 7.45. The number of nitrogens with one attached hydrogen (secondary N) is 1. The zero-order valence-corrected chi connectivity index (χ0v) is 18.0. The maximum atomic E-state index is 11.7. The highest BCUT2D eigenvalue weighted by molar-refractivity contribution is 14.0. The molecule has 2 aliphatic rings. The number of carbonyl (C=O) groups excluding carboxylic acids is 1. The van der Waals surface area contributed by atoms with Gasteiger partial charge in [-0.3, -0.25) is 9.79 Å². The Labute approximate surface area is 164 Å². The molecule has 6 heteroatoms. The second kappa shape index (κ2) is 10.5. The number of piperidine rings is 1. The first kappa shape index (κ1) is 21.5. The molecule has 0 radical (unpaired) electrons. The van der Waals surface area contributed by atoms with Crippen LogP contribution in [-0.4, -0.2) is 62.4 Å². The van der Waals surface area contributed by atoms with E-state index in [1.165, 1.54) is 51.4 Å². The molecule has 5 nitrogen and oxygen atoms in total. The molecule has 2 fully saturated rings. The third-order valence-electron chi connectivity index (χ3n) is 5.46. The van der Waals surface area contributed by atoms with Crippen molar-refractivity contribution in [2.45, 2.75) is 57.8 Å². The standard InChI is InChI=1S/C18H34N4O.HI/c1-19-17(20-13-9-16(23)21(2)3)22-14-8-12-18(15-22)10-6-4-5-7-11-18;/h4-15H2,1-3H3,(H,19,20);1H. The molecular formula is C18H35IN4O. The lowest BCUT2D eigenvalue weighted by Crippen LogP contribution is -2.51. The second-order valence-electron chi connectivity index (χ2n) is 7.45. The lowest BCUT2D eigenvalue weighted by molar-refractivity contribution is -0.128. The summed E-state index contributed by atoms with van der Waals surface area (Å²) in [5.41, 5.74) is 0.506. The smallest absolute Gasteiger partial charge is 0.223 e. The number of guanidine groups is 1. The quantitative estimate of drug-likeness (QED) is 0.409. The van der Waals surface area contributed by atoms with Gasteiger partial charge in [-0.2, -0.15) is 0 Å². The molecule has 0 aromatic carbocycles. The Balaban J connectivity index is 0.00000288. The van der Waals surface area contributed by atoms with Gasteiger partial charge in [0.05, 0.1) is 0 Å². The number of likely N-dealkylation sites (tertiary alicyclic amines) is 1. The predicted molar refractivity (Wildman–Crippen MR) is 111 cm³/mol. The fourth-order valence-electron chi connectivity index (χ4n) is 4.11. The van der Waals surface area contributed by atoms with E-state index in [1.807, 2.05) is 7.05 Å². The van der Waals surface area contributed by atoms with Crippen LogP contribution in [0.4, 0.5) is 0 Å². The van der Waals surface area contributed by atoms with Gasteiger partial charge in [0.25, 0.3) is 0 Å². The highest BCUT2D eigenvalue weighted by Gasteiger charge is 2.36. The van der Waals surface area contributed by atoms with E-state index in [2.05, 4.69) is 15.2 Å². The van der Waals surface area contributed by atoms with Gasteiger partial charge in [0.1, 0.15) is 0 Å². The Bertz CT molecular complexity index is 417. The van der Waals surface area contributed by atoms with Crippen molar-refractivity contribution in [3.05, 3.63) is 0 Å². The molecule has 1 aliphatic carbocycles. The van der Waals surface area contributed by atoms with E-state index in [0.717, 1.165) is 19.0 Å². The summed E-state index contributed by atoms with van der Waals surface area (Å²) in [6, 6.07) is 0. The zero-order chi connectivity index (χ0) is 16.7. The van der Waals surface area contributed by atoms with Gasteiger partial charge in [-0.05, 0) is 31.1 Å². The van der Waals surface area contributed by atoms with Crippen LogP contribution in [-0.2, 0) is 4.79 Å². The van der Waals surface area contributed by atoms with Crippen LogP contribution in [0, 0.1) is 5.41 Å². The maximum Gasteiger partial charge on any atom is 0.223 e. The lowest BCUT2D eigenvalue weighted by atomic mass is 9.74. The van der Waals surface area contributed by atoms with Crippen molar-refractivity contribution in [2.75, 3.05) is 40.8 Å². The van der Waals surface area contributed by atoms with Gasteiger partial charge in [0.2, 0.25) is 5.91 Å². The SMILES string of the molecule is CN=C(NCCC(=O)N(C)C)N1CCCC2(CCCCCC2)C1.I. The van der Waals surface area contributed by atoms with E-state index in [9.17, 15) is 4.79 Å². The number of rotatable bonds is 3. The molecule has 1 spiro atoms. The summed E-state index contributed by atoms with van der Waals surface area (Å²) in [4.78, 5) is 20.2. The Kier molecular flexibility index (Phi) is 9.37. The number of aliphatic imine (C=N–C) groups is 1. The Morgan fingerprint density at radius 2 is 1.75 bits per heavy atom. The number of amides is 1. The van der Waals surface area contributed by atoms with E-state index >= 15 is 0 Å². The van der Waals surface area contributed by atoms with E-state index in [-0.39, 0.29) is 29.9 Å². The van der Waals surface area contributed by atoms with Crippen molar-refractivity contribution in [3.63, 3.8) is 0 Å². The number of carbonyl (C=O) groups is 1. The van der Waals surface area contributed by atoms with Crippen molar-refractivity contribution in [2.24, 2.45) is 10.4 Å². The van der Waals surface area contributed by atoms with Gasteiger partial charge in [-0.1, -0.05) is 25.7 Å². The molecule has 1 aliphatic heterocycles. The van der Waals surface area contributed by atoms with Crippen molar-refractivity contribution in [3.8, 4) is 0 Å². The number of halogens is 1. The summed E-state index contributed by atoms with van der Waals surface area (Å²) in [5.74, 6) is 1.13. The zero-order valence-electron chi connectivity index (χ0n) is 15.6. The summed E-state index contributed by atoms with van der Waals surface area (Å²) < 4.78 is 0. The molecule has 1 heterocycles. The lowest BCUT2D eigenvalue weighted by Gasteiger charge is -2.44. The molecule has 0 atom stereocenters. The minimum Gasteiger partial charge on any atom is -0.356 e. The largest absolute Gasteiger partial charge is 0.356 e. The van der Waals surface area contributed by atoms with Crippen molar-refractivity contribution < 1.29 is 4.79 Å². The van der Waals surface area contributed by atoms with Gasteiger partial charge >= 0.3 is 0 Å². The number of nitrogens with zero attached hydrogens (tertiary/aromatic N) is 3. The average Bonchev–Trinajstić information content (AvgIpc) is 2.76. The van der Waals surface area contributed by atoms with Crippen molar-refractivity contribution in [1.29, 1.82) is 0 Å². The molecule has 1 saturated carbocycles. The van der Waals surface area contributed by atoms with Gasteiger partial charge in [-0.15, -0.1) is 24.0 Å². The molecule has 1 saturated heterocycles. The average molecular weight is 450 g/mol. The molecule has 140 valence electrons. The summed E-state index contributed by atoms with van der Waals surface area (Å²) in [7, 11) is 5.46. The minimum absolute atomic E-state index is 0. The van der Waals surface area contributed by atoms with E-state index in [1.54, 1.807) is 19.0 Å². The molecule has 0 bridgehead atoms. The fourth-order valence-corrected chi connectivity index (χ4v) is 4.11. The van der Waals surface area contributed by atoms with Crippen LogP contribution in [0.2, 0.25) is 0 Å². The topological polar surface area (TPSA) is 47.9 Å². The van der Waals surface area contributed by atoms with Crippen LogP contribution in [0.1, 0.15) is 57.8 Å². The van der Waals surface area contributed by atoms with Crippen LogP contribution in [0.15, 0.2) is 4.99 Å². The molecular weight excluding hydrogens is 415 g/mol. The fraction of sp³-hybridized carbons (Fsp3) is 0.889. The Morgan fingerprint density at radius 1 is 1.12 bits per heavy atom. The molecule has 1 amide bonds. The van der Waals surface area contributed by atoms with E-state index in [0.29, 0.717) is 18.4 Å². The van der Waals surface area contributed by atoms with E-state index < -0.39 is 0 Å². The first-order valence-electron chi connectivity index (χ1n) is 9.22. The molecule has 2 rings (SSSR count). The summed E-state index contributed by atoms with van der Waals surface area (Å²) in [5, 5.41) is 3.39. The monoisotopic (exact) mass is 450 g/mol. The third-order valence-corrected chi connectivity index (χ3v) is 5.46. The van der Waals surface area contributed by atoms with Crippen molar-refractivity contribution >= 4 is 35.8 Å². The third kappa shape index (κ3) is 6.08. The number of hydrogen-bond acceptors (Lipinski definition) is 2.